The molecular formula is C37H40F5N3O4. The number of aliphatic carboxylic acids is 1. The predicted molar refractivity (Wildman–Crippen MR) is 176 cm³/mol. The lowest BCUT2D eigenvalue weighted by molar-refractivity contribution is -0.139. The Morgan fingerprint density at radius 3 is 2.20 bits per heavy atom. The molecule has 1 aliphatic rings. The molecule has 7 nitrogen and oxygen atoms in total. The number of alkyl halides is 3. The number of benzene rings is 2. The molecule has 1 fully saturated rings. The van der Waals surface area contributed by atoms with Gasteiger partial charge in [-0.2, -0.15) is 13.2 Å². The molecule has 12 heteroatoms. The zero-order valence-electron chi connectivity index (χ0n) is 28.0. The van der Waals surface area contributed by atoms with Crippen molar-refractivity contribution in [3.63, 3.8) is 0 Å². The Morgan fingerprint density at radius 2 is 1.67 bits per heavy atom. The lowest BCUT2D eigenvalue weighted by Crippen LogP contribution is -2.41. The van der Waals surface area contributed by atoms with Gasteiger partial charge in [-0.25, -0.2) is 8.78 Å². The van der Waals surface area contributed by atoms with Crippen LogP contribution >= 0.6 is 0 Å². The number of piperidine rings is 1. The van der Waals surface area contributed by atoms with Crippen molar-refractivity contribution in [2.45, 2.75) is 77.6 Å². The highest BCUT2D eigenvalue weighted by atomic mass is 19.4. The zero-order chi connectivity index (χ0) is 36.4. The van der Waals surface area contributed by atoms with Crippen molar-refractivity contribution in [2.75, 3.05) is 20.1 Å². The van der Waals surface area contributed by atoms with E-state index in [-0.39, 0.29) is 29.0 Å². The van der Waals surface area contributed by atoms with Gasteiger partial charge in [0, 0.05) is 17.8 Å². The van der Waals surface area contributed by atoms with E-state index < -0.39 is 65.2 Å². The zero-order valence-corrected chi connectivity index (χ0v) is 28.0. The fourth-order valence-corrected chi connectivity index (χ4v) is 6.69. The maximum Gasteiger partial charge on any atom is 0.416 e. The molecule has 0 unspecified atom stereocenters. The Bertz CT molecular complexity index is 1810. The Kier molecular flexibility index (Phi) is 11.4. The molecule has 2 N–H and O–H groups in total. The number of nitrogens with one attached hydrogen (secondary N) is 1. The number of carboxylic acids is 1. The van der Waals surface area contributed by atoms with Crippen molar-refractivity contribution >= 4 is 11.9 Å². The van der Waals surface area contributed by atoms with Gasteiger partial charge in [-0.3, -0.25) is 14.4 Å². The number of halogens is 5. The number of aryl methyl sites for hydroxylation is 2. The summed E-state index contributed by atoms with van der Waals surface area (Å²) in [4.78, 5) is 41.5. The van der Waals surface area contributed by atoms with Crippen LogP contribution in [0.2, 0.25) is 0 Å². The Hall–Kier alpha value is -4.50. The molecule has 0 aliphatic carbocycles. The molecule has 2 atom stereocenters. The fourth-order valence-electron chi connectivity index (χ4n) is 6.69. The van der Waals surface area contributed by atoms with Gasteiger partial charge in [-0.1, -0.05) is 19.8 Å². The lowest BCUT2D eigenvalue weighted by atomic mass is 9.87. The highest BCUT2D eigenvalue weighted by molar-refractivity contribution is 5.82. The van der Waals surface area contributed by atoms with E-state index in [4.69, 9.17) is 6.42 Å². The number of hydrogen-bond donors (Lipinski definition) is 2. The average Bonchev–Trinajstić information content (AvgIpc) is 2.99. The summed E-state index contributed by atoms with van der Waals surface area (Å²) in [7, 11) is 1.87. The normalized spacial score (nSPS) is 15.6. The number of carbonyl (C=O) groups is 2. The van der Waals surface area contributed by atoms with Crippen molar-refractivity contribution < 1.29 is 36.6 Å². The third-order valence-corrected chi connectivity index (χ3v) is 9.02. The summed E-state index contributed by atoms with van der Waals surface area (Å²) in [6.07, 6.45) is 1.98. The highest BCUT2D eigenvalue weighted by Crippen LogP contribution is 2.39. The second kappa shape index (κ2) is 14.9. The summed E-state index contributed by atoms with van der Waals surface area (Å²) < 4.78 is 73.6. The third-order valence-electron chi connectivity index (χ3n) is 9.02. The van der Waals surface area contributed by atoms with Gasteiger partial charge in [0.2, 0.25) is 5.91 Å². The number of nitrogens with zero attached hydrogens (tertiary/aromatic N) is 2. The van der Waals surface area contributed by atoms with Gasteiger partial charge in [0.1, 0.15) is 17.7 Å². The third kappa shape index (κ3) is 8.57. The second-order valence-corrected chi connectivity index (χ2v) is 13.3. The van der Waals surface area contributed by atoms with Gasteiger partial charge in [-0.05, 0) is 117 Å². The molecule has 0 bridgehead atoms. The first kappa shape index (κ1) is 37.3. The van der Waals surface area contributed by atoms with Gasteiger partial charge in [0.05, 0.1) is 23.6 Å². The Balaban J connectivity index is 1.84. The lowest BCUT2D eigenvalue weighted by Gasteiger charge is -2.32. The molecule has 0 saturated carbocycles. The van der Waals surface area contributed by atoms with Crippen LogP contribution in [0.25, 0.3) is 11.1 Å². The van der Waals surface area contributed by atoms with E-state index in [0.717, 1.165) is 10.8 Å². The fraction of sp³-hybridized carbons (Fsp3) is 0.432. The first-order valence-corrected chi connectivity index (χ1v) is 16.0. The van der Waals surface area contributed by atoms with Crippen LogP contribution in [0.5, 0.6) is 0 Å². The highest BCUT2D eigenvalue weighted by Gasteiger charge is 2.38. The van der Waals surface area contributed by atoms with Crippen LogP contribution in [0.1, 0.15) is 90.9 Å². The number of amides is 1. The van der Waals surface area contributed by atoms with E-state index in [1.54, 1.807) is 27.7 Å². The molecule has 0 spiro atoms. The van der Waals surface area contributed by atoms with Crippen LogP contribution in [0, 0.1) is 43.7 Å². The maximum atomic E-state index is 15.9. The van der Waals surface area contributed by atoms with Crippen molar-refractivity contribution in [1.82, 2.24) is 14.8 Å². The van der Waals surface area contributed by atoms with Crippen molar-refractivity contribution in [3.8, 4) is 23.5 Å². The minimum absolute atomic E-state index is 0.00976. The monoisotopic (exact) mass is 685 g/mol. The number of likely N-dealkylation sites (tertiary alicyclic amines) is 1. The molecule has 1 amide bonds. The van der Waals surface area contributed by atoms with Crippen LogP contribution < -0.4 is 10.9 Å². The van der Waals surface area contributed by atoms with Crippen molar-refractivity contribution in [3.05, 3.63) is 91.9 Å². The minimum atomic E-state index is -4.81. The average molecular weight is 686 g/mol. The molecule has 1 aliphatic heterocycles. The topological polar surface area (TPSA) is 91.6 Å². The van der Waals surface area contributed by atoms with Crippen LogP contribution in [0.15, 0.2) is 41.3 Å². The molecule has 2 heterocycles. The molecule has 1 aromatic heterocycles. The van der Waals surface area contributed by atoms with E-state index in [2.05, 4.69) is 11.2 Å². The summed E-state index contributed by atoms with van der Waals surface area (Å²) in [6.45, 7) is 7.93. The van der Waals surface area contributed by atoms with Crippen LogP contribution in [-0.2, 0) is 15.8 Å². The summed E-state index contributed by atoms with van der Waals surface area (Å²) >= 11 is 0. The number of pyridine rings is 1. The number of aromatic nitrogens is 1. The van der Waals surface area contributed by atoms with E-state index in [0.29, 0.717) is 54.3 Å². The Morgan fingerprint density at radius 1 is 1.06 bits per heavy atom. The predicted octanol–water partition coefficient (Wildman–Crippen LogP) is 7.14. The van der Waals surface area contributed by atoms with Crippen LogP contribution in [-0.4, -0.2) is 46.6 Å². The first-order chi connectivity index (χ1) is 22.9. The van der Waals surface area contributed by atoms with Crippen molar-refractivity contribution in [1.29, 1.82) is 0 Å². The molecular weight excluding hydrogens is 645 g/mol. The first-order valence-electron chi connectivity index (χ1n) is 16.0. The molecule has 262 valence electrons. The second-order valence-electron chi connectivity index (χ2n) is 13.3. The molecule has 49 heavy (non-hydrogen) atoms. The molecule has 0 radical (unpaired) electrons. The molecule has 3 aromatic rings. The van der Waals surface area contributed by atoms with Gasteiger partial charge in [0.15, 0.2) is 0 Å². The number of rotatable bonds is 10. The van der Waals surface area contributed by atoms with Gasteiger partial charge in [-0.15, -0.1) is 6.42 Å². The smallest absolute Gasteiger partial charge is 0.416 e. The number of terminal acetylenes is 1. The van der Waals surface area contributed by atoms with E-state index >= 15 is 4.39 Å². The summed E-state index contributed by atoms with van der Waals surface area (Å²) in [5.41, 5.74) is -0.745. The molecule has 1 saturated heterocycles. The van der Waals surface area contributed by atoms with Crippen LogP contribution in [0.4, 0.5) is 22.0 Å². The van der Waals surface area contributed by atoms with E-state index in [9.17, 15) is 37.1 Å². The van der Waals surface area contributed by atoms with Crippen molar-refractivity contribution in [2.24, 2.45) is 5.92 Å². The van der Waals surface area contributed by atoms with Gasteiger partial charge >= 0.3 is 12.1 Å². The van der Waals surface area contributed by atoms with E-state index in [1.165, 1.54) is 24.3 Å². The summed E-state index contributed by atoms with van der Waals surface area (Å²) in [5.74, 6) is -2.19. The molecule has 4 rings (SSSR count). The van der Waals surface area contributed by atoms with Gasteiger partial charge < -0.3 is 19.9 Å². The number of carbonyl (C=O) groups excluding carboxylic acids is 1. The standard InChI is InChI=1S/C37H40F5N3O4/c1-7-23-15-25(34-21(4)13-26(38)14-22(34)5)16-27(35(23)39)30(18-33(47)48)43-36(49)31(12-20(2)3)45-19-28(24-8-10-44(6)11-9-24)29(17-32(45)46)37(40,41)42/h1,13-17,19-20,24,30-31H,8-12,18H2,2-6H3,(H,43,49)(H,47,48)/t30-,31+/m0/s1. The largest absolute Gasteiger partial charge is 0.481 e. The van der Waals surface area contributed by atoms with Crippen LogP contribution in [0.3, 0.4) is 0 Å². The summed E-state index contributed by atoms with van der Waals surface area (Å²) in [6, 6.07) is 2.96. The van der Waals surface area contributed by atoms with Gasteiger partial charge in [0.25, 0.3) is 5.56 Å². The number of hydrogen-bond acceptors (Lipinski definition) is 4. The minimum Gasteiger partial charge on any atom is -0.481 e. The quantitative estimate of drug-likeness (QED) is 0.175. The van der Waals surface area contributed by atoms with E-state index in [1.807, 2.05) is 11.9 Å². The maximum absolute atomic E-state index is 15.9. The molecule has 2 aromatic carbocycles. The SMILES string of the molecule is C#Cc1cc(-c2c(C)cc(F)cc2C)cc([C@H](CC(=O)O)NC(=O)[C@@H](CC(C)C)n2cc(C3CCN(C)CC3)c(C(F)(F)F)cc2=O)c1F. The Labute approximate surface area is 282 Å². The number of carboxylic acid groups (broad SMARTS) is 1. The summed E-state index contributed by atoms with van der Waals surface area (Å²) in [5, 5.41) is 12.4.